The monoisotopic (exact) mass is 423 g/mol. The Morgan fingerprint density at radius 3 is 2.68 bits per heavy atom. The molecular formula is C21H18FN5O4. The molecule has 0 radical (unpaired) electrons. The van der Waals surface area contributed by atoms with Crippen LogP contribution in [0.3, 0.4) is 0 Å². The highest BCUT2D eigenvalue weighted by Gasteiger charge is 2.43. The van der Waals surface area contributed by atoms with Gasteiger partial charge in [0, 0.05) is 24.1 Å². The van der Waals surface area contributed by atoms with Crippen molar-refractivity contribution in [3.8, 4) is 11.4 Å². The number of imide groups is 1. The summed E-state index contributed by atoms with van der Waals surface area (Å²) in [7, 11) is 0. The van der Waals surface area contributed by atoms with Crippen LogP contribution in [0.2, 0.25) is 0 Å². The summed E-state index contributed by atoms with van der Waals surface area (Å²) in [5, 5.41) is 11.4. The summed E-state index contributed by atoms with van der Waals surface area (Å²) in [6, 6.07) is 11.8. The highest BCUT2D eigenvalue weighted by molar-refractivity contribution is 6.07. The molecule has 3 N–H and O–H groups in total. The summed E-state index contributed by atoms with van der Waals surface area (Å²) < 4.78 is 18.2. The van der Waals surface area contributed by atoms with Crippen LogP contribution in [0, 0.1) is 5.82 Å². The van der Waals surface area contributed by atoms with Crippen molar-refractivity contribution in [2.75, 3.05) is 5.32 Å². The summed E-state index contributed by atoms with van der Waals surface area (Å²) in [6.45, 7) is 1.59. The maximum absolute atomic E-state index is 13.0. The predicted molar refractivity (Wildman–Crippen MR) is 107 cm³/mol. The molecule has 0 saturated carbocycles. The molecule has 3 aromatic rings. The van der Waals surface area contributed by atoms with Crippen LogP contribution >= 0.6 is 0 Å². The van der Waals surface area contributed by atoms with E-state index >= 15 is 0 Å². The number of rotatable bonds is 6. The van der Waals surface area contributed by atoms with E-state index in [0.29, 0.717) is 22.6 Å². The quantitative estimate of drug-likeness (QED) is 0.523. The molecule has 4 amide bonds. The Bertz CT molecular complexity index is 1160. The van der Waals surface area contributed by atoms with Crippen LogP contribution in [-0.4, -0.2) is 28.0 Å². The lowest BCUT2D eigenvalue weighted by molar-refractivity contribution is -0.123. The Kier molecular flexibility index (Phi) is 5.20. The molecule has 1 unspecified atom stereocenters. The van der Waals surface area contributed by atoms with E-state index in [2.05, 4.69) is 26.1 Å². The number of urea groups is 1. The van der Waals surface area contributed by atoms with Gasteiger partial charge in [-0.1, -0.05) is 17.3 Å². The Morgan fingerprint density at radius 1 is 1.19 bits per heavy atom. The minimum atomic E-state index is -1.21. The fourth-order valence-electron chi connectivity index (χ4n) is 3.17. The third-order valence-corrected chi connectivity index (χ3v) is 4.90. The van der Waals surface area contributed by atoms with E-state index in [9.17, 15) is 18.8 Å². The van der Waals surface area contributed by atoms with Crippen molar-refractivity contribution in [3.63, 3.8) is 0 Å². The summed E-state index contributed by atoms with van der Waals surface area (Å²) in [5.74, 6) is -0.523. The molecule has 10 heteroatoms. The first-order chi connectivity index (χ1) is 14.8. The van der Waals surface area contributed by atoms with Crippen molar-refractivity contribution < 1.29 is 23.3 Å². The van der Waals surface area contributed by atoms with Gasteiger partial charge in [-0.3, -0.25) is 14.9 Å². The number of hydrogen-bond acceptors (Lipinski definition) is 6. The van der Waals surface area contributed by atoms with Crippen LogP contribution in [0.5, 0.6) is 0 Å². The van der Waals surface area contributed by atoms with Gasteiger partial charge in [-0.25, -0.2) is 9.18 Å². The standard InChI is InChI=1S/C21H18FN5O4/c1-21(19(29)25-20(30)26-21)13-3-2-4-15(11-13)23-16(28)9-10-17-24-18(27-31-17)12-5-7-14(22)8-6-12/h2-8,11H,9-10H2,1H3,(H,23,28)(H2,25,26,29,30). The SMILES string of the molecule is CC1(c2cccc(NC(=O)CCc3nc(-c4ccc(F)cc4)no3)c2)NC(=O)NC1=O. The zero-order chi connectivity index (χ0) is 22.0. The van der Waals surface area contributed by atoms with E-state index in [1.807, 2.05) is 0 Å². The van der Waals surface area contributed by atoms with Gasteiger partial charge in [-0.2, -0.15) is 4.98 Å². The Hall–Kier alpha value is -4.08. The first-order valence-electron chi connectivity index (χ1n) is 9.46. The van der Waals surface area contributed by atoms with E-state index in [1.165, 1.54) is 24.3 Å². The van der Waals surface area contributed by atoms with Crippen molar-refractivity contribution in [2.24, 2.45) is 0 Å². The maximum Gasteiger partial charge on any atom is 0.322 e. The summed E-state index contributed by atoms with van der Waals surface area (Å²) >= 11 is 0. The Labute approximate surface area is 176 Å². The van der Waals surface area contributed by atoms with Crippen molar-refractivity contribution in [1.82, 2.24) is 20.8 Å². The summed E-state index contributed by atoms with van der Waals surface area (Å²) in [4.78, 5) is 40.1. The molecule has 2 aromatic carbocycles. The van der Waals surface area contributed by atoms with Gasteiger partial charge in [0.25, 0.3) is 5.91 Å². The van der Waals surface area contributed by atoms with E-state index in [-0.39, 0.29) is 30.5 Å². The molecule has 31 heavy (non-hydrogen) atoms. The number of halogens is 1. The topological polar surface area (TPSA) is 126 Å². The van der Waals surface area contributed by atoms with E-state index in [1.54, 1.807) is 31.2 Å². The average Bonchev–Trinajstić information content (AvgIpc) is 3.31. The number of nitrogens with one attached hydrogen (secondary N) is 3. The molecular weight excluding hydrogens is 405 g/mol. The normalized spacial score (nSPS) is 17.9. The number of nitrogens with zero attached hydrogens (tertiary/aromatic N) is 2. The third kappa shape index (κ3) is 4.27. The average molecular weight is 423 g/mol. The Morgan fingerprint density at radius 2 is 1.97 bits per heavy atom. The van der Waals surface area contributed by atoms with Crippen LogP contribution in [0.1, 0.15) is 24.8 Å². The van der Waals surface area contributed by atoms with E-state index in [4.69, 9.17) is 4.52 Å². The molecule has 1 aliphatic rings. The van der Waals surface area contributed by atoms with Gasteiger partial charge in [0.1, 0.15) is 11.4 Å². The number of amides is 4. The molecule has 1 aromatic heterocycles. The molecule has 1 fully saturated rings. The van der Waals surface area contributed by atoms with Crippen LogP contribution in [0.15, 0.2) is 53.1 Å². The zero-order valence-electron chi connectivity index (χ0n) is 16.4. The lowest BCUT2D eigenvalue weighted by Crippen LogP contribution is -2.40. The largest absolute Gasteiger partial charge is 0.339 e. The minimum absolute atomic E-state index is 0.0871. The second kappa shape index (κ2) is 7.98. The molecule has 0 spiro atoms. The lowest BCUT2D eigenvalue weighted by Gasteiger charge is -2.21. The first-order valence-corrected chi connectivity index (χ1v) is 9.46. The highest BCUT2D eigenvalue weighted by atomic mass is 19.1. The van der Waals surface area contributed by atoms with Crippen LogP contribution in [-0.2, 0) is 21.5 Å². The van der Waals surface area contributed by atoms with Gasteiger partial charge in [0.05, 0.1) is 0 Å². The van der Waals surface area contributed by atoms with Gasteiger partial charge in [-0.15, -0.1) is 0 Å². The molecule has 0 bridgehead atoms. The van der Waals surface area contributed by atoms with Gasteiger partial charge < -0.3 is 15.2 Å². The van der Waals surface area contributed by atoms with Gasteiger partial charge in [0.2, 0.25) is 17.6 Å². The molecule has 1 saturated heterocycles. The van der Waals surface area contributed by atoms with Crippen molar-refractivity contribution >= 4 is 23.5 Å². The van der Waals surface area contributed by atoms with E-state index < -0.39 is 17.5 Å². The smallest absolute Gasteiger partial charge is 0.322 e. The second-order valence-electron chi connectivity index (χ2n) is 7.18. The number of aromatic nitrogens is 2. The minimum Gasteiger partial charge on any atom is -0.339 e. The lowest BCUT2D eigenvalue weighted by atomic mass is 9.92. The number of benzene rings is 2. The second-order valence-corrected chi connectivity index (χ2v) is 7.18. The van der Waals surface area contributed by atoms with Crippen LogP contribution < -0.4 is 16.0 Å². The number of aryl methyl sites for hydroxylation is 1. The number of anilines is 1. The number of carbonyl (C=O) groups excluding carboxylic acids is 3. The van der Waals surface area contributed by atoms with Gasteiger partial charge in [0.15, 0.2) is 0 Å². The zero-order valence-corrected chi connectivity index (χ0v) is 16.4. The molecule has 158 valence electrons. The maximum atomic E-state index is 13.0. The van der Waals surface area contributed by atoms with Crippen molar-refractivity contribution in [3.05, 3.63) is 65.8 Å². The number of hydrogen-bond donors (Lipinski definition) is 3. The number of carbonyl (C=O) groups is 3. The predicted octanol–water partition coefficient (Wildman–Crippen LogP) is 2.50. The van der Waals surface area contributed by atoms with Gasteiger partial charge in [-0.05, 0) is 48.9 Å². The fourth-order valence-corrected chi connectivity index (χ4v) is 3.17. The van der Waals surface area contributed by atoms with Crippen molar-refractivity contribution in [1.29, 1.82) is 0 Å². The first kappa shape index (κ1) is 20.2. The van der Waals surface area contributed by atoms with Crippen molar-refractivity contribution in [2.45, 2.75) is 25.3 Å². The molecule has 1 atom stereocenters. The highest BCUT2D eigenvalue weighted by Crippen LogP contribution is 2.26. The summed E-state index contributed by atoms with van der Waals surface area (Å²) in [5.41, 5.74) is 0.414. The van der Waals surface area contributed by atoms with Crippen LogP contribution in [0.4, 0.5) is 14.9 Å². The molecule has 4 rings (SSSR count). The molecule has 9 nitrogen and oxygen atoms in total. The summed E-state index contributed by atoms with van der Waals surface area (Å²) in [6.07, 6.45) is 0.305. The molecule has 0 aliphatic carbocycles. The third-order valence-electron chi connectivity index (χ3n) is 4.90. The Balaban J connectivity index is 1.37. The molecule has 2 heterocycles. The van der Waals surface area contributed by atoms with Gasteiger partial charge >= 0.3 is 6.03 Å². The fraction of sp³-hybridized carbons (Fsp3) is 0.190. The van der Waals surface area contributed by atoms with Crippen LogP contribution in [0.25, 0.3) is 11.4 Å². The van der Waals surface area contributed by atoms with E-state index in [0.717, 1.165) is 0 Å². The molecule has 1 aliphatic heterocycles.